The molecule has 5 nitrogen and oxygen atoms in total. The first-order valence-electron chi connectivity index (χ1n) is 8.03. The van der Waals surface area contributed by atoms with Crippen molar-refractivity contribution in [3.05, 3.63) is 0 Å². The van der Waals surface area contributed by atoms with Crippen LogP contribution in [-0.4, -0.2) is 60.4 Å². The molecule has 5 heteroatoms. The molecule has 3 aliphatic rings. The normalized spacial score (nSPS) is 29.5. The van der Waals surface area contributed by atoms with Gasteiger partial charge in [-0.3, -0.25) is 14.5 Å². The lowest BCUT2D eigenvalue weighted by molar-refractivity contribution is -0.139. The lowest BCUT2D eigenvalue weighted by Crippen LogP contribution is -2.54. The number of amides is 2. The third kappa shape index (κ3) is 2.97. The van der Waals surface area contributed by atoms with Crippen molar-refractivity contribution in [3.63, 3.8) is 0 Å². The summed E-state index contributed by atoms with van der Waals surface area (Å²) in [5.41, 5.74) is 0. The number of rotatable bonds is 2. The van der Waals surface area contributed by atoms with Crippen molar-refractivity contribution in [1.29, 1.82) is 0 Å². The molecule has 3 fully saturated rings. The summed E-state index contributed by atoms with van der Waals surface area (Å²) in [5.74, 6) is 0.335. The van der Waals surface area contributed by atoms with E-state index in [-0.39, 0.29) is 17.7 Å². The van der Waals surface area contributed by atoms with E-state index >= 15 is 0 Å². The number of carbonyl (C=O) groups is 2. The third-order valence-electron chi connectivity index (χ3n) is 5.08. The van der Waals surface area contributed by atoms with Crippen LogP contribution in [0.1, 0.15) is 38.5 Å². The van der Waals surface area contributed by atoms with Crippen molar-refractivity contribution in [2.24, 2.45) is 5.92 Å². The molecule has 20 heavy (non-hydrogen) atoms. The number of piperazine rings is 1. The Balaban J connectivity index is 1.47. The molecule has 1 N–H and O–H groups in total. The Hall–Kier alpha value is -1.10. The van der Waals surface area contributed by atoms with E-state index in [1.807, 2.05) is 4.90 Å². The Morgan fingerprint density at radius 3 is 2.35 bits per heavy atom. The molecule has 0 unspecified atom stereocenters. The molecular weight excluding hydrogens is 254 g/mol. The second-order valence-electron chi connectivity index (χ2n) is 6.34. The first-order valence-corrected chi connectivity index (χ1v) is 8.03. The van der Waals surface area contributed by atoms with Crippen molar-refractivity contribution in [2.75, 3.05) is 32.7 Å². The van der Waals surface area contributed by atoms with E-state index in [4.69, 9.17) is 0 Å². The first kappa shape index (κ1) is 13.9. The summed E-state index contributed by atoms with van der Waals surface area (Å²) in [6, 6.07) is 0.765. The Kier molecular flexibility index (Phi) is 4.24. The van der Waals surface area contributed by atoms with Crippen LogP contribution in [0.4, 0.5) is 0 Å². The number of hydrogen-bond donors (Lipinski definition) is 1. The fourth-order valence-electron chi connectivity index (χ4n) is 3.78. The van der Waals surface area contributed by atoms with Gasteiger partial charge in [-0.2, -0.15) is 0 Å². The minimum Gasteiger partial charge on any atom is -0.355 e. The number of piperidine rings is 1. The van der Waals surface area contributed by atoms with E-state index in [1.165, 1.54) is 25.7 Å². The number of nitrogens with one attached hydrogen (secondary N) is 1. The van der Waals surface area contributed by atoms with Crippen LogP contribution >= 0.6 is 0 Å². The molecule has 2 heterocycles. The Morgan fingerprint density at radius 2 is 1.75 bits per heavy atom. The minimum atomic E-state index is 0.00531. The minimum absolute atomic E-state index is 0.00531. The fraction of sp³-hybridized carbons (Fsp3) is 0.867. The first-order chi connectivity index (χ1) is 9.74. The molecule has 0 radical (unpaired) electrons. The summed E-state index contributed by atoms with van der Waals surface area (Å²) in [5, 5.41) is 2.81. The van der Waals surface area contributed by atoms with Crippen molar-refractivity contribution in [3.8, 4) is 0 Å². The third-order valence-corrected chi connectivity index (χ3v) is 5.08. The maximum absolute atomic E-state index is 12.4. The molecule has 0 aromatic rings. The van der Waals surface area contributed by atoms with Gasteiger partial charge in [0.15, 0.2) is 0 Å². The van der Waals surface area contributed by atoms with Crippen LogP contribution in [0.5, 0.6) is 0 Å². The Morgan fingerprint density at radius 1 is 1.05 bits per heavy atom. The van der Waals surface area contributed by atoms with E-state index in [1.54, 1.807) is 0 Å². The van der Waals surface area contributed by atoms with Gasteiger partial charge in [0.25, 0.3) is 0 Å². The zero-order valence-electron chi connectivity index (χ0n) is 12.1. The van der Waals surface area contributed by atoms with Crippen molar-refractivity contribution in [2.45, 2.75) is 44.6 Å². The summed E-state index contributed by atoms with van der Waals surface area (Å²) in [7, 11) is 0. The summed E-state index contributed by atoms with van der Waals surface area (Å²) in [6.45, 7) is 4.30. The Bertz CT molecular complexity index is 361. The maximum atomic E-state index is 12.4. The van der Waals surface area contributed by atoms with Crippen LogP contribution in [0, 0.1) is 5.92 Å². The lowest BCUT2D eigenvalue weighted by Gasteiger charge is -2.39. The van der Waals surface area contributed by atoms with E-state index < -0.39 is 0 Å². The molecule has 0 spiro atoms. The zero-order chi connectivity index (χ0) is 13.9. The number of nitrogens with zero attached hydrogens (tertiary/aromatic N) is 2. The van der Waals surface area contributed by atoms with Gasteiger partial charge in [-0.05, 0) is 19.3 Å². The highest BCUT2D eigenvalue weighted by Gasteiger charge is 2.32. The van der Waals surface area contributed by atoms with Crippen LogP contribution < -0.4 is 5.32 Å². The fourth-order valence-corrected chi connectivity index (χ4v) is 3.78. The molecule has 112 valence electrons. The van der Waals surface area contributed by atoms with Crippen LogP contribution in [0.25, 0.3) is 0 Å². The summed E-state index contributed by atoms with van der Waals surface area (Å²) in [4.78, 5) is 28.2. The maximum Gasteiger partial charge on any atom is 0.227 e. The highest BCUT2D eigenvalue weighted by molar-refractivity contribution is 5.83. The molecule has 2 saturated heterocycles. The van der Waals surface area contributed by atoms with Crippen LogP contribution in [0.3, 0.4) is 0 Å². The van der Waals surface area contributed by atoms with E-state index in [2.05, 4.69) is 10.2 Å². The molecule has 1 aliphatic carbocycles. The molecule has 2 amide bonds. The van der Waals surface area contributed by atoms with E-state index in [9.17, 15) is 9.59 Å². The van der Waals surface area contributed by atoms with Crippen LogP contribution in [0.15, 0.2) is 0 Å². The van der Waals surface area contributed by atoms with Gasteiger partial charge < -0.3 is 10.2 Å². The summed E-state index contributed by atoms with van der Waals surface area (Å²) in [6.07, 6.45) is 6.62. The zero-order valence-corrected chi connectivity index (χ0v) is 12.1. The average molecular weight is 279 g/mol. The van der Waals surface area contributed by atoms with Gasteiger partial charge in [-0.25, -0.2) is 0 Å². The molecule has 1 saturated carbocycles. The second kappa shape index (κ2) is 6.12. The van der Waals surface area contributed by atoms with Gasteiger partial charge in [0.05, 0.1) is 5.92 Å². The van der Waals surface area contributed by atoms with Gasteiger partial charge >= 0.3 is 0 Å². The van der Waals surface area contributed by atoms with Crippen molar-refractivity contribution < 1.29 is 9.59 Å². The highest BCUT2D eigenvalue weighted by atomic mass is 16.2. The van der Waals surface area contributed by atoms with Crippen LogP contribution in [0.2, 0.25) is 0 Å². The quantitative estimate of drug-likeness (QED) is 0.805. The van der Waals surface area contributed by atoms with Crippen LogP contribution in [-0.2, 0) is 9.59 Å². The average Bonchev–Trinajstić information content (AvgIpc) is 3.02. The van der Waals surface area contributed by atoms with Crippen molar-refractivity contribution >= 4 is 11.8 Å². The van der Waals surface area contributed by atoms with Crippen molar-refractivity contribution in [1.82, 2.24) is 15.1 Å². The van der Waals surface area contributed by atoms with E-state index in [0.29, 0.717) is 19.4 Å². The lowest BCUT2D eigenvalue weighted by atomic mass is 9.97. The van der Waals surface area contributed by atoms with Gasteiger partial charge in [0.1, 0.15) is 0 Å². The number of carbonyl (C=O) groups excluding carboxylic acids is 2. The molecule has 0 bridgehead atoms. The molecule has 1 atom stereocenters. The van der Waals surface area contributed by atoms with Gasteiger partial charge in [-0.1, -0.05) is 12.8 Å². The Labute approximate surface area is 120 Å². The SMILES string of the molecule is O=C1CC[C@H](C(=O)N2CCN(C3CCCC3)CC2)CN1. The highest BCUT2D eigenvalue weighted by Crippen LogP contribution is 2.25. The molecule has 2 aliphatic heterocycles. The predicted molar refractivity (Wildman–Crippen MR) is 76.1 cm³/mol. The summed E-state index contributed by atoms with van der Waals surface area (Å²) < 4.78 is 0. The smallest absolute Gasteiger partial charge is 0.227 e. The monoisotopic (exact) mass is 279 g/mol. The van der Waals surface area contributed by atoms with Gasteiger partial charge in [-0.15, -0.1) is 0 Å². The molecule has 0 aromatic heterocycles. The topological polar surface area (TPSA) is 52.7 Å². The largest absolute Gasteiger partial charge is 0.355 e. The predicted octanol–water partition coefficient (Wildman–Crippen LogP) is 0.599. The standard InChI is InChI=1S/C15H25N3O2/c19-14-6-5-12(11-16-14)15(20)18-9-7-17(8-10-18)13-3-1-2-4-13/h12-13H,1-11H2,(H,16,19)/t12-/m0/s1. The second-order valence-corrected chi connectivity index (χ2v) is 6.34. The van der Waals surface area contributed by atoms with Gasteiger partial charge in [0.2, 0.25) is 11.8 Å². The number of hydrogen-bond acceptors (Lipinski definition) is 3. The molecular formula is C15H25N3O2. The molecule has 0 aromatic carbocycles. The van der Waals surface area contributed by atoms with Gasteiger partial charge in [0, 0.05) is 45.2 Å². The molecule has 3 rings (SSSR count). The van der Waals surface area contributed by atoms with E-state index in [0.717, 1.165) is 32.2 Å². The summed E-state index contributed by atoms with van der Waals surface area (Å²) >= 11 is 0.